The number of benzene rings is 2. The first-order chi connectivity index (χ1) is 9.58. The minimum absolute atomic E-state index is 0.495. The van der Waals surface area contributed by atoms with Gasteiger partial charge >= 0.3 is 5.97 Å². The molecule has 0 saturated carbocycles. The van der Waals surface area contributed by atoms with Gasteiger partial charge in [0.1, 0.15) is 0 Å². The van der Waals surface area contributed by atoms with E-state index in [0.29, 0.717) is 15.7 Å². The van der Waals surface area contributed by atoms with Crippen LogP contribution in [0.4, 0.5) is 11.4 Å². The van der Waals surface area contributed by atoms with Crippen molar-refractivity contribution in [3.8, 4) is 0 Å². The summed E-state index contributed by atoms with van der Waals surface area (Å²) in [6, 6.07) is 12.5. The summed E-state index contributed by atoms with van der Waals surface area (Å²) in [5, 5.41) is 12.8. The molecule has 0 heterocycles. The van der Waals surface area contributed by atoms with Crippen molar-refractivity contribution in [2.24, 2.45) is 0 Å². The summed E-state index contributed by atoms with van der Waals surface area (Å²) < 4.78 is 0. The maximum atomic E-state index is 10.6. The van der Waals surface area contributed by atoms with Crippen LogP contribution in [-0.2, 0) is 4.79 Å². The average Bonchev–Trinajstić information content (AvgIpc) is 2.42. The molecule has 0 saturated heterocycles. The molecule has 2 aromatic carbocycles. The van der Waals surface area contributed by atoms with Crippen molar-refractivity contribution in [3.63, 3.8) is 0 Å². The van der Waals surface area contributed by atoms with E-state index >= 15 is 0 Å². The van der Waals surface area contributed by atoms with Crippen LogP contribution in [0.1, 0.15) is 5.56 Å². The minimum atomic E-state index is -1.00. The Kier molecular flexibility index (Phi) is 4.66. The van der Waals surface area contributed by atoms with Gasteiger partial charge < -0.3 is 10.4 Å². The molecule has 5 heteroatoms. The zero-order valence-corrected chi connectivity index (χ0v) is 11.8. The third-order valence-corrected chi connectivity index (χ3v) is 3.22. The molecular weight excluding hydrogens is 297 g/mol. The minimum Gasteiger partial charge on any atom is -0.478 e. The predicted octanol–water partition coefficient (Wildman–Crippen LogP) is 4.83. The highest BCUT2D eigenvalue weighted by Crippen LogP contribution is 2.33. The Morgan fingerprint density at radius 2 is 1.70 bits per heavy atom. The van der Waals surface area contributed by atoms with Crippen LogP contribution < -0.4 is 5.32 Å². The molecule has 0 atom stereocenters. The maximum Gasteiger partial charge on any atom is 0.328 e. The van der Waals surface area contributed by atoms with Crippen LogP contribution in [0.5, 0.6) is 0 Å². The van der Waals surface area contributed by atoms with E-state index in [2.05, 4.69) is 5.32 Å². The smallest absolute Gasteiger partial charge is 0.328 e. The maximum absolute atomic E-state index is 10.6. The second-order valence-electron chi connectivity index (χ2n) is 3.98. The van der Waals surface area contributed by atoms with E-state index in [4.69, 9.17) is 28.3 Å². The number of aliphatic carboxylic acids is 1. The van der Waals surface area contributed by atoms with Gasteiger partial charge in [0.25, 0.3) is 0 Å². The number of para-hydroxylation sites is 2. The lowest BCUT2D eigenvalue weighted by molar-refractivity contribution is -0.131. The Hall–Kier alpha value is -1.97. The molecule has 0 unspecified atom stereocenters. The Labute approximate surface area is 126 Å². The van der Waals surface area contributed by atoms with Crippen molar-refractivity contribution in [3.05, 3.63) is 64.1 Å². The number of hydrogen-bond donors (Lipinski definition) is 2. The predicted molar refractivity (Wildman–Crippen MR) is 82.9 cm³/mol. The molecule has 0 radical (unpaired) electrons. The number of halogens is 2. The van der Waals surface area contributed by atoms with Gasteiger partial charge in [-0.05, 0) is 29.8 Å². The molecule has 102 valence electrons. The first-order valence-corrected chi connectivity index (χ1v) is 6.54. The molecule has 0 amide bonds. The van der Waals surface area contributed by atoms with E-state index < -0.39 is 5.97 Å². The number of carboxylic acid groups (broad SMARTS) is 1. The third-order valence-electron chi connectivity index (χ3n) is 2.59. The molecule has 0 aliphatic rings. The first-order valence-electron chi connectivity index (χ1n) is 5.79. The first kappa shape index (κ1) is 14.4. The zero-order chi connectivity index (χ0) is 14.5. The van der Waals surface area contributed by atoms with Crippen LogP contribution in [0.3, 0.4) is 0 Å². The molecule has 2 aromatic rings. The summed E-state index contributed by atoms with van der Waals surface area (Å²) in [5.41, 5.74) is 2.04. The molecule has 0 fully saturated rings. The van der Waals surface area contributed by atoms with Gasteiger partial charge in [-0.15, -0.1) is 0 Å². The van der Waals surface area contributed by atoms with E-state index in [1.807, 2.05) is 18.2 Å². The summed E-state index contributed by atoms with van der Waals surface area (Å²) in [4.78, 5) is 10.6. The molecule has 0 bridgehead atoms. The monoisotopic (exact) mass is 307 g/mol. The summed E-state index contributed by atoms with van der Waals surface area (Å²) in [7, 11) is 0. The lowest BCUT2D eigenvalue weighted by Gasteiger charge is -2.12. The number of carboxylic acids is 1. The van der Waals surface area contributed by atoms with Crippen molar-refractivity contribution >= 4 is 46.6 Å². The molecule has 2 rings (SSSR count). The van der Waals surface area contributed by atoms with Gasteiger partial charge in [0.15, 0.2) is 0 Å². The third kappa shape index (κ3) is 3.53. The summed E-state index contributed by atoms with van der Waals surface area (Å²) in [6.45, 7) is 0. The van der Waals surface area contributed by atoms with Crippen molar-refractivity contribution in [1.29, 1.82) is 0 Å². The van der Waals surface area contributed by atoms with Crippen LogP contribution in [0.15, 0.2) is 48.5 Å². The fourth-order valence-electron chi connectivity index (χ4n) is 1.67. The van der Waals surface area contributed by atoms with E-state index in [1.165, 1.54) is 6.08 Å². The fraction of sp³-hybridized carbons (Fsp3) is 0. The van der Waals surface area contributed by atoms with Crippen molar-refractivity contribution in [2.75, 3.05) is 5.32 Å². The Morgan fingerprint density at radius 1 is 1.05 bits per heavy atom. The van der Waals surface area contributed by atoms with Crippen LogP contribution in [-0.4, -0.2) is 11.1 Å². The Bertz CT molecular complexity index is 648. The lowest BCUT2D eigenvalue weighted by atomic mass is 10.1. The van der Waals surface area contributed by atoms with E-state index in [-0.39, 0.29) is 0 Å². The Morgan fingerprint density at radius 3 is 2.35 bits per heavy atom. The molecule has 0 aliphatic heterocycles. The van der Waals surface area contributed by atoms with Gasteiger partial charge in [-0.3, -0.25) is 0 Å². The highest BCUT2D eigenvalue weighted by Gasteiger charge is 2.07. The second kappa shape index (κ2) is 6.46. The fourth-order valence-corrected chi connectivity index (χ4v) is 2.16. The number of anilines is 2. The van der Waals surface area contributed by atoms with Gasteiger partial charge in [0.2, 0.25) is 0 Å². The van der Waals surface area contributed by atoms with E-state index in [1.54, 1.807) is 24.3 Å². The molecule has 2 N–H and O–H groups in total. The van der Waals surface area contributed by atoms with Crippen LogP contribution in [0, 0.1) is 0 Å². The van der Waals surface area contributed by atoms with Gasteiger partial charge in [-0.2, -0.15) is 0 Å². The number of hydrogen-bond acceptors (Lipinski definition) is 2. The van der Waals surface area contributed by atoms with Gasteiger partial charge in [0, 0.05) is 11.8 Å². The van der Waals surface area contributed by atoms with Crippen LogP contribution >= 0.6 is 23.2 Å². The number of rotatable bonds is 4. The summed E-state index contributed by atoms with van der Waals surface area (Å²) in [5.74, 6) is -1.00. The standard InChI is InChI=1S/C15H11Cl2NO2/c16-11-5-3-6-12(17)15(11)18-13-7-2-1-4-10(13)8-9-14(19)20/h1-9,18H,(H,19,20). The van der Waals surface area contributed by atoms with E-state index in [9.17, 15) is 4.79 Å². The summed E-state index contributed by atoms with van der Waals surface area (Å²) >= 11 is 12.2. The topological polar surface area (TPSA) is 49.3 Å². The van der Waals surface area contributed by atoms with E-state index in [0.717, 1.165) is 17.3 Å². The molecule has 0 aromatic heterocycles. The molecule has 0 spiro atoms. The highest BCUT2D eigenvalue weighted by molar-refractivity contribution is 6.39. The molecule has 20 heavy (non-hydrogen) atoms. The number of nitrogens with one attached hydrogen (secondary N) is 1. The zero-order valence-electron chi connectivity index (χ0n) is 10.3. The van der Waals surface area contributed by atoms with Crippen LogP contribution in [0.25, 0.3) is 6.08 Å². The molecule has 3 nitrogen and oxygen atoms in total. The van der Waals surface area contributed by atoms with Crippen molar-refractivity contribution in [1.82, 2.24) is 0 Å². The summed E-state index contributed by atoms with van der Waals surface area (Å²) in [6.07, 6.45) is 2.59. The van der Waals surface area contributed by atoms with Crippen molar-refractivity contribution in [2.45, 2.75) is 0 Å². The molecule has 0 aliphatic carbocycles. The van der Waals surface area contributed by atoms with Crippen LogP contribution in [0.2, 0.25) is 10.0 Å². The SMILES string of the molecule is O=C(O)C=Cc1ccccc1Nc1c(Cl)cccc1Cl. The Balaban J connectivity index is 2.37. The van der Waals surface area contributed by atoms with Gasteiger partial charge in [0.05, 0.1) is 15.7 Å². The quantitative estimate of drug-likeness (QED) is 0.795. The number of carbonyl (C=O) groups is 1. The molecular formula is C15H11Cl2NO2. The van der Waals surface area contributed by atoms with Gasteiger partial charge in [-0.1, -0.05) is 47.5 Å². The van der Waals surface area contributed by atoms with Crippen molar-refractivity contribution < 1.29 is 9.90 Å². The largest absolute Gasteiger partial charge is 0.478 e. The second-order valence-corrected chi connectivity index (χ2v) is 4.79. The lowest BCUT2D eigenvalue weighted by Crippen LogP contribution is -1.95. The normalized spacial score (nSPS) is 10.7. The average molecular weight is 308 g/mol. The highest BCUT2D eigenvalue weighted by atomic mass is 35.5. The van der Waals surface area contributed by atoms with Gasteiger partial charge in [-0.25, -0.2) is 4.79 Å².